The minimum absolute atomic E-state index is 0.0248. The van der Waals surface area contributed by atoms with Crippen molar-refractivity contribution in [3.05, 3.63) is 64.7 Å². The van der Waals surface area contributed by atoms with Gasteiger partial charge in [0.2, 0.25) is 5.91 Å². The molecule has 1 saturated carbocycles. The summed E-state index contributed by atoms with van der Waals surface area (Å²) in [5.74, 6) is 0.459. The summed E-state index contributed by atoms with van der Waals surface area (Å²) in [6.45, 7) is 1.93. The minimum atomic E-state index is -0.0329. The second-order valence-electron chi connectivity index (χ2n) is 8.99. The molecule has 1 saturated heterocycles. The van der Waals surface area contributed by atoms with Crippen molar-refractivity contribution in [3.63, 3.8) is 0 Å². The van der Waals surface area contributed by atoms with E-state index in [1.165, 1.54) is 6.42 Å². The zero-order valence-electron chi connectivity index (χ0n) is 17.9. The Hall–Kier alpha value is -2.89. The molecule has 1 aromatic carbocycles. The van der Waals surface area contributed by atoms with Crippen LogP contribution in [0.25, 0.3) is 11.2 Å². The summed E-state index contributed by atoms with van der Waals surface area (Å²) in [7, 11) is 0. The molecule has 6 heteroatoms. The monoisotopic (exact) mass is 418 g/mol. The average Bonchev–Trinajstić information content (AvgIpc) is 3.11. The molecule has 3 aromatic rings. The van der Waals surface area contributed by atoms with Crippen LogP contribution in [0, 0.1) is 5.92 Å². The van der Waals surface area contributed by atoms with Crippen LogP contribution in [0.5, 0.6) is 0 Å². The van der Waals surface area contributed by atoms with Gasteiger partial charge in [-0.2, -0.15) is 0 Å². The van der Waals surface area contributed by atoms with E-state index in [0.717, 1.165) is 61.8 Å². The Morgan fingerprint density at radius 3 is 2.58 bits per heavy atom. The Bertz CT molecular complexity index is 1110. The lowest BCUT2D eigenvalue weighted by atomic mass is 9.87. The largest absolute Gasteiger partial charge is 0.340 e. The molecule has 2 aromatic heterocycles. The summed E-state index contributed by atoms with van der Waals surface area (Å²) in [5.41, 5.74) is 2.63. The number of piperidine rings is 1. The lowest BCUT2D eigenvalue weighted by Crippen LogP contribution is -2.45. The molecule has 1 aliphatic carbocycles. The quantitative estimate of drug-likeness (QED) is 0.644. The van der Waals surface area contributed by atoms with Gasteiger partial charge < -0.3 is 4.90 Å². The minimum Gasteiger partial charge on any atom is -0.340 e. The summed E-state index contributed by atoms with van der Waals surface area (Å²) < 4.78 is 3.66. The SMILES string of the molecule is O=C(C1CCCCC1)N1CCC[C@H](n2c(=O)n(Cc3ccccc3)c3cccnc32)C1. The zero-order valence-corrected chi connectivity index (χ0v) is 17.9. The molecule has 3 heterocycles. The molecule has 1 amide bonds. The van der Waals surface area contributed by atoms with Crippen molar-refractivity contribution in [2.24, 2.45) is 5.92 Å². The Kier molecular flexibility index (Phi) is 5.62. The van der Waals surface area contributed by atoms with Crippen LogP contribution < -0.4 is 5.69 Å². The molecule has 1 atom stereocenters. The van der Waals surface area contributed by atoms with Crippen molar-refractivity contribution in [1.82, 2.24) is 19.0 Å². The smallest absolute Gasteiger partial charge is 0.330 e. The first-order valence-corrected chi connectivity index (χ1v) is 11.6. The number of pyridine rings is 1. The number of hydrogen-bond acceptors (Lipinski definition) is 3. The predicted molar refractivity (Wildman–Crippen MR) is 121 cm³/mol. The van der Waals surface area contributed by atoms with Crippen LogP contribution in [0.3, 0.4) is 0 Å². The topological polar surface area (TPSA) is 60.1 Å². The second-order valence-corrected chi connectivity index (χ2v) is 8.99. The average molecular weight is 419 g/mol. The molecule has 0 radical (unpaired) electrons. The Morgan fingerprint density at radius 2 is 1.77 bits per heavy atom. The molecule has 0 N–H and O–H groups in total. The zero-order chi connectivity index (χ0) is 21.2. The molecule has 0 unspecified atom stereocenters. The van der Waals surface area contributed by atoms with E-state index >= 15 is 0 Å². The Balaban J connectivity index is 1.46. The number of amides is 1. The summed E-state index contributed by atoms with van der Waals surface area (Å²) in [6.07, 6.45) is 9.15. The van der Waals surface area contributed by atoms with E-state index in [1.54, 1.807) is 6.20 Å². The van der Waals surface area contributed by atoms with Crippen molar-refractivity contribution in [2.75, 3.05) is 13.1 Å². The molecule has 2 fully saturated rings. The van der Waals surface area contributed by atoms with E-state index in [1.807, 2.05) is 56.5 Å². The lowest BCUT2D eigenvalue weighted by Gasteiger charge is -2.36. The molecule has 2 aliphatic rings. The molecule has 0 spiro atoms. The van der Waals surface area contributed by atoms with E-state index in [4.69, 9.17) is 0 Å². The number of nitrogens with zero attached hydrogens (tertiary/aromatic N) is 4. The molecule has 162 valence electrons. The van der Waals surface area contributed by atoms with Crippen LogP contribution in [-0.2, 0) is 11.3 Å². The number of aromatic nitrogens is 3. The maximum absolute atomic E-state index is 13.6. The Labute approximate surface area is 182 Å². The number of imidazole rings is 1. The number of benzene rings is 1. The molecular weight excluding hydrogens is 388 g/mol. The van der Waals surface area contributed by atoms with Gasteiger partial charge in [0.15, 0.2) is 5.65 Å². The first kappa shape index (κ1) is 20.0. The fourth-order valence-corrected chi connectivity index (χ4v) is 5.33. The Morgan fingerprint density at radius 1 is 0.968 bits per heavy atom. The van der Waals surface area contributed by atoms with Gasteiger partial charge >= 0.3 is 5.69 Å². The van der Waals surface area contributed by atoms with Gasteiger partial charge in [0.25, 0.3) is 0 Å². The van der Waals surface area contributed by atoms with Crippen molar-refractivity contribution in [3.8, 4) is 0 Å². The summed E-state index contributed by atoms with van der Waals surface area (Å²) >= 11 is 0. The summed E-state index contributed by atoms with van der Waals surface area (Å²) in [4.78, 5) is 33.3. The van der Waals surface area contributed by atoms with Gasteiger partial charge in [0, 0.05) is 25.2 Å². The number of fused-ring (bicyclic) bond motifs is 1. The van der Waals surface area contributed by atoms with Crippen molar-refractivity contribution >= 4 is 17.1 Å². The highest BCUT2D eigenvalue weighted by Gasteiger charge is 2.32. The lowest BCUT2D eigenvalue weighted by molar-refractivity contribution is -0.138. The van der Waals surface area contributed by atoms with Crippen LogP contribution in [-0.4, -0.2) is 38.0 Å². The van der Waals surface area contributed by atoms with Crippen LogP contribution >= 0.6 is 0 Å². The third-order valence-electron chi connectivity index (χ3n) is 6.93. The molecule has 6 nitrogen and oxygen atoms in total. The normalized spacial score (nSPS) is 20.3. The van der Waals surface area contributed by atoms with Gasteiger partial charge in [-0.3, -0.25) is 13.9 Å². The van der Waals surface area contributed by atoms with Gasteiger partial charge in [0.1, 0.15) is 0 Å². The second kappa shape index (κ2) is 8.69. The summed E-state index contributed by atoms with van der Waals surface area (Å²) in [5, 5.41) is 0. The van der Waals surface area contributed by atoms with Gasteiger partial charge in [-0.1, -0.05) is 49.6 Å². The number of rotatable bonds is 4. The molecule has 0 bridgehead atoms. The molecule has 5 rings (SSSR count). The molecular formula is C25H30N4O2. The van der Waals surface area contributed by atoms with Gasteiger partial charge in [0.05, 0.1) is 18.1 Å². The highest BCUT2D eigenvalue weighted by atomic mass is 16.2. The highest BCUT2D eigenvalue weighted by Crippen LogP contribution is 2.29. The van der Waals surface area contributed by atoms with Crippen molar-refractivity contribution < 1.29 is 4.79 Å². The van der Waals surface area contributed by atoms with Crippen LogP contribution in [0.4, 0.5) is 0 Å². The van der Waals surface area contributed by atoms with Crippen LogP contribution in [0.2, 0.25) is 0 Å². The van der Waals surface area contributed by atoms with Gasteiger partial charge in [-0.25, -0.2) is 9.78 Å². The van der Waals surface area contributed by atoms with E-state index in [9.17, 15) is 9.59 Å². The highest BCUT2D eigenvalue weighted by molar-refractivity contribution is 5.79. The van der Waals surface area contributed by atoms with Gasteiger partial charge in [-0.05, 0) is 43.4 Å². The first-order chi connectivity index (χ1) is 15.2. The number of hydrogen-bond donors (Lipinski definition) is 0. The number of likely N-dealkylation sites (tertiary alicyclic amines) is 1. The molecule has 1 aliphatic heterocycles. The standard InChI is InChI=1S/C25H30N4O2/c30-24(20-11-5-2-6-12-20)27-16-8-13-21(18-27)29-23-22(14-7-15-26-23)28(25(29)31)17-19-9-3-1-4-10-19/h1,3-4,7,9-10,14-15,20-21H,2,5-6,8,11-13,16-18H2/t21-/m0/s1. The number of carbonyl (C=O) groups is 1. The third-order valence-corrected chi connectivity index (χ3v) is 6.93. The van der Waals surface area contributed by atoms with Gasteiger partial charge in [-0.15, -0.1) is 0 Å². The molecule has 31 heavy (non-hydrogen) atoms. The predicted octanol–water partition coefficient (Wildman–Crippen LogP) is 3.99. The van der Waals surface area contributed by atoms with Crippen molar-refractivity contribution in [1.29, 1.82) is 0 Å². The van der Waals surface area contributed by atoms with Crippen LogP contribution in [0.15, 0.2) is 53.5 Å². The third kappa shape index (κ3) is 3.91. The van der Waals surface area contributed by atoms with E-state index in [0.29, 0.717) is 19.0 Å². The fraction of sp³-hybridized carbons (Fsp3) is 0.480. The maximum atomic E-state index is 13.6. The van der Waals surface area contributed by atoms with E-state index in [2.05, 4.69) is 4.98 Å². The summed E-state index contributed by atoms with van der Waals surface area (Å²) in [6, 6.07) is 13.9. The van der Waals surface area contributed by atoms with E-state index < -0.39 is 0 Å². The first-order valence-electron chi connectivity index (χ1n) is 11.6. The maximum Gasteiger partial charge on any atom is 0.330 e. The van der Waals surface area contributed by atoms with E-state index in [-0.39, 0.29) is 17.6 Å². The number of carbonyl (C=O) groups excluding carboxylic acids is 1. The van der Waals surface area contributed by atoms with Crippen LogP contribution in [0.1, 0.15) is 56.6 Å². The fourth-order valence-electron chi connectivity index (χ4n) is 5.33. The van der Waals surface area contributed by atoms with Crippen molar-refractivity contribution in [2.45, 2.75) is 57.5 Å².